The number of hydrogen-bond donors (Lipinski definition) is 0. The third kappa shape index (κ3) is 4.39. The van der Waals surface area contributed by atoms with Crippen molar-refractivity contribution in [2.45, 2.75) is 35.5 Å². The smallest absolute Gasteiger partial charge is 0.269 e. The van der Waals surface area contributed by atoms with Crippen molar-refractivity contribution in [3.8, 4) is 0 Å². The maximum atomic E-state index is 12.9. The Morgan fingerprint density at radius 3 is 2.24 bits per heavy atom. The normalized spacial score (nSPS) is 14.8. The number of carbonyl (C=O) groups is 1. The molecule has 0 unspecified atom stereocenters. The van der Waals surface area contributed by atoms with Crippen molar-refractivity contribution < 1.29 is 9.72 Å². The molecule has 1 fully saturated rings. The lowest BCUT2D eigenvalue weighted by atomic mass is 10.2. The van der Waals surface area contributed by atoms with Gasteiger partial charge in [0.25, 0.3) is 11.6 Å². The molecule has 6 heteroatoms. The monoisotopic (exact) mass is 356 g/mol. The predicted molar refractivity (Wildman–Crippen MR) is 98.0 cm³/mol. The van der Waals surface area contributed by atoms with Gasteiger partial charge in [-0.3, -0.25) is 14.9 Å². The molecule has 3 rings (SSSR count). The maximum absolute atomic E-state index is 12.9. The molecular weight excluding hydrogens is 336 g/mol. The second-order valence-corrected chi connectivity index (χ2v) is 7.17. The lowest BCUT2D eigenvalue weighted by Crippen LogP contribution is -2.32. The fourth-order valence-corrected chi connectivity index (χ4v) is 3.88. The second-order valence-electron chi connectivity index (χ2n) is 6.06. The zero-order chi connectivity index (χ0) is 17.6. The van der Waals surface area contributed by atoms with E-state index in [1.165, 1.54) is 36.7 Å². The van der Waals surface area contributed by atoms with E-state index in [9.17, 15) is 14.9 Å². The highest BCUT2D eigenvalue weighted by atomic mass is 32.2. The zero-order valence-electron chi connectivity index (χ0n) is 13.9. The van der Waals surface area contributed by atoms with E-state index in [0.29, 0.717) is 5.56 Å². The highest BCUT2D eigenvalue weighted by Gasteiger charge is 2.20. The van der Waals surface area contributed by atoms with Gasteiger partial charge in [-0.15, -0.1) is 0 Å². The van der Waals surface area contributed by atoms with Crippen LogP contribution in [0, 0.1) is 10.1 Å². The van der Waals surface area contributed by atoms with Gasteiger partial charge in [-0.1, -0.05) is 36.7 Å². The Balaban J connectivity index is 1.80. The lowest BCUT2D eigenvalue weighted by molar-refractivity contribution is -0.384. The number of hydrogen-bond acceptors (Lipinski definition) is 4. The van der Waals surface area contributed by atoms with Gasteiger partial charge >= 0.3 is 0 Å². The number of carbonyl (C=O) groups excluding carboxylic acids is 1. The van der Waals surface area contributed by atoms with Crippen LogP contribution >= 0.6 is 11.8 Å². The Labute approximate surface area is 151 Å². The molecule has 0 aromatic heterocycles. The molecule has 5 nitrogen and oxygen atoms in total. The van der Waals surface area contributed by atoms with Crippen molar-refractivity contribution >= 4 is 23.4 Å². The summed E-state index contributed by atoms with van der Waals surface area (Å²) in [5.41, 5.74) is 0.769. The van der Waals surface area contributed by atoms with Crippen LogP contribution in [0.3, 0.4) is 0 Å². The summed E-state index contributed by atoms with van der Waals surface area (Å²) in [4.78, 5) is 27.0. The topological polar surface area (TPSA) is 63.4 Å². The van der Waals surface area contributed by atoms with Crippen LogP contribution in [0.25, 0.3) is 0 Å². The Hall–Kier alpha value is -2.34. The van der Waals surface area contributed by atoms with Crippen LogP contribution in [0.1, 0.15) is 36.0 Å². The van der Waals surface area contributed by atoms with Gasteiger partial charge in [-0.05, 0) is 37.1 Å². The van der Waals surface area contributed by atoms with Crippen LogP contribution in [0.4, 0.5) is 5.69 Å². The third-order valence-electron chi connectivity index (χ3n) is 4.29. The fourth-order valence-electron chi connectivity index (χ4n) is 2.94. The van der Waals surface area contributed by atoms with Crippen LogP contribution in [0.2, 0.25) is 0 Å². The van der Waals surface area contributed by atoms with E-state index in [0.717, 1.165) is 35.7 Å². The Kier molecular flexibility index (Phi) is 5.71. The van der Waals surface area contributed by atoms with E-state index in [-0.39, 0.29) is 11.6 Å². The maximum Gasteiger partial charge on any atom is 0.269 e. The van der Waals surface area contributed by atoms with Gasteiger partial charge in [-0.25, -0.2) is 0 Å². The van der Waals surface area contributed by atoms with E-state index < -0.39 is 4.92 Å². The summed E-state index contributed by atoms with van der Waals surface area (Å²) in [7, 11) is 0. The number of nitrogens with zero attached hydrogens (tertiary/aromatic N) is 2. The minimum Gasteiger partial charge on any atom is -0.339 e. The van der Waals surface area contributed by atoms with Gasteiger partial charge in [0.15, 0.2) is 0 Å². The molecule has 2 aromatic rings. The van der Waals surface area contributed by atoms with Crippen LogP contribution in [-0.4, -0.2) is 28.8 Å². The van der Waals surface area contributed by atoms with Gasteiger partial charge in [0, 0.05) is 35.0 Å². The summed E-state index contributed by atoms with van der Waals surface area (Å²) in [6.45, 7) is 1.63. The Morgan fingerprint density at radius 1 is 0.960 bits per heavy atom. The summed E-state index contributed by atoms with van der Waals surface area (Å²) >= 11 is 1.46. The Morgan fingerprint density at radius 2 is 1.60 bits per heavy atom. The van der Waals surface area contributed by atoms with E-state index in [1.54, 1.807) is 12.1 Å². The number of benzene rings is 2. The van der Waals surface area contributed by atoms with E-state index in [4.69, 9.17) is 0 Å². The number of rotatable bonds is 4. The van der Waals surface area contributed by atoms with Crippen molar-refractivity contribution in [2.24, 2.45) is 0 Å². The minimum atomic E-state index is -0.411. The first-order valence-corrected chi connectivity index (χ1v) is 9.27. The molecule has 0 saturated carbocycles. The standard InChI is InChI=1S/C19H20N2O3S/c22-19(20-13-5-1-2-6-14-20)17-7-3-4-8-18(17)25-16-11-9-15(10-12-16)21(23)24/h3-4,7-12H,1-2,5-6,13-14H2. The van der Waals surface area contributed by atoms with Crippen LogP contribution in [0.5, 0.6) is 0 Å². The molecule has 2 aromatic carbocycles. The first-order valence-electron chi connectivity index (χ1n) is 8.46. The molecule has 1 saturated heterocycles. The first-order chi connectivity index (χ1) is 12.1. The number of amides is 1. The van der Waals surface area contributed by atoms with Crippen molar-refractivity contribution in [1.29, 1.82) is 0 Å². The molecule has 1 amide bonds. The average Bonchev–Trinajstić information content (AvgIpc) is 2.91. The quantitative estimate of drug-likeness (QED) is 0.585. The molecule has 0 radical (unpaired) electrons. The van der Waals surface area contributed by atoms with E-state index in [1.807, 2.05) is 29.2 Å². The van der Waals surface area contributed by atoms with Crippen LogP contribution in [-0.2, 0) is 0 Å². The van der Waals surface area contributed by atoms with Crippen molar-refractivity contribution in [2.75, 3.05) is 13.1 Å². The molecule has 1 aliphatic heterocycles. The van der Waals surface area contributed by atoms with Crippen LogP contribution < -0.4 is 0 Å². The molecular formula is C19H20N2O3S. The van der Waals surface area contributed by atoms with Crippen LogP contribution in [0.15, 0.2) is 58.3 Å². The molecule has 0 aliphatic carbocycles. The van der Waals surface area contributed by atoms with Gasteiger partial charge < -0.3 is 4.90 Å². The minimum absolute atomic E-state index is 0.0679. The zero-order valence-corrected chi connectivity index (χ0v) is 14.7. The number of non-ortho nitro benzene ring substituents is 1. The SMILES string of the molecule is O=C(c1ccccc1Sc1ccc([N+](=O)[O-])cc1)N1CCCCCC1. The molecule has 0 atom stereocenters. The van der Waals surface area contributed by atoms with Crippen molar-refractivity contribution in [3.05, 3.63) is 64.2 Å². The Bertz CT molecular complexity index is 754. The molecule has 0 N–H and O–H groups in total. The molecule has 0 spiro atoms. The fraction of sp³-hybridized carbons (Fsp3) is 0.316. The molecule has 0 bridgehead atoms. The molecule has 1 aliphatic rings. The summed E-state index contributed by atoms with van der Waals surface area (Å²) in [5, 5.41) is 10.8. The van der Waals surface area contributed by atoms with E-state index in [2.05, 4.69) is 0 Å². The predicted octanol–water partition coefficient (Wildman–Crippen LogP) is 4.76. The number of likely N-dealkylation sites (tertiary alicyclic amines) is 1. The van der Waals surface area contributed by atoms with E-state index >= 15 is 0 Å². The highest BCUT2D eigenvalue weighted by Crippen LogP contribution is 2.32. The van der Waals surface area contributed by atoms with Crippen molar-refractivity contribution in [3.63, 3.8) is 0 Å². The number of nitro groups is 1. The third-order valence-corrected chi connectivity index (χ3v) is 5.37. The molecule has 25 heavy (non-hydrogen) atoms. The van der Waals surface area contributed by atoms with Gasteiger partial charge in [-0.2, -0.15) is 0 Å². The van der Waals surface area contributed by atoms with Gasteiger partial charge in [0.1, 0.15) is 0 Å². The first kappa shape index (κ1) is 17.5. The summed E-state index contributed by atoms with van der Waals surface area (Å²) in [6, 6.07) is 14.0. The largest absolute Gasteiger partial charge is 0.339 e. The highest BCUT2D eigenvalue weighted by molar-refractivity contribution is 7.99. The lowest BCUT2D eigenvalue weighted by Gasteiger charge is -2.21. The van der Waals surface area contributed by atoms with Gasteiger partial charge in [0.05, 0.1) is 10.5 Å². The van der Waals surface area contributed by atoms with Gasteiger partial charge in [0.2, 0.25) is 0 Å². The summed E-state index contributed by atoms with van der Waals surface area (Å²) in [5.74, 6) is 0.0758. The van der Waals surface area contributed by atoms with Crippen molar-refractivity contribution in [1.82, 2.24) is 4.90 Å². The number of nitro benzene ring substituents is 1. The summed E-state index contributed by atoms with van der Waals surface area (Å²) in [6.07, 6.45) is 4.48. The summed E-state index contributed by atoms with van der Waals surface area (Å²) < 4.78 is 0. The molecule has 1 heterocycles. The average molecular weight is 356 g/mol. The molecule has 130 valence electrons. The second kappa shape index (κ2) is 8.16.